The lowest BCUT2D eigenvalue weighted by atomic mass is 9.97. The van der Waals surface area contributed by atoms with Gasteiger partial charge in [0, 0.05) is 0 Å². The van der Waals surface area contributed by atoms with E-state index in [0.29, 0.717) is 5.92 Å². The van der Waals surface area contributed by atoms with Crippen molar-refractivity contribution in [2.75, 3.05) is 0 Å². The average molecular weight is 154 g/mol. The molecule has 0 unspecified atom stereocenters. The van der Waals surface area contributed by atoms with Crippen LogP contribution in [-0.4, -0.2) is 11.1 Å². The lowest BCUT2D eigenvalue weighted by molar-refractivity contribution is -0.136. The fourth-order valence-electron chi connectivity index (χ4n) is 1.67. The van der Waals surface area contributed by atoms with Gasteiger partial charge in [0.2, 0.25) is 0 Å². The first-order valence-electron chi connectivity index (χ1n) is 4.09. The molecule has 1 aliphatic rings. The number of hydrogen-bond donors (Lipinski definition) is 1. The van der Waals surface area contributed by atoms with Crippen molar-refractivity contribution >= 4 is 5.97 Å². The summed E-state index contributed by atoms with van der Waals surface area (Å²) in [6.07, 6.45) is 4.93. The summed E-state index contributed by atoms with van der Waals surface area (Å²) >= 11 is 0. The Labute approximate surface area is 66.9 Å². The summed E-state index contributed by atoms with van der Waals surface area (Å²) in [4.78, 5) is 10.3. The highest BCUT2D eigenvalue weighted by Gasteiger charge is 2.18. The minimum Gasteiger partial charge on any atom is -0.481 e. The highest BCUT2D eigenvalue weighted by Crippen LogP contribution is 2.31. The van der Waals surface area contributed by atoms with Crippen molar-refractivity contribution < 1.29 is 9.90 Å². The van der Waals surface area contributed by atoms with E-state index in [1.165, 1.54) is 12.8 Å². The smallest absolute Gasteiger partial charge is 0.307 e. The molecule has 1 N–H and O–H groups in total. The molecule has 0 aromatic rings. The molecule has 0 heterocycles. The summed E-state index contributed by atoms with van der Waals surface area (Å²) in [6, 6.07) is 0. The molecule has 0 aliphatic heterocycles. The summed E-state index contributed by atoms with van der Waals surface area (Å²) in [5.74, 6) is -0.256. The standard InChI is InChI=1S/C9H14O2/c1-7(6-9(10)11)8-4-2-3-5-8/h8H,1-6H2,(H,10,11). The number of carboxylic acid groups (broad SMARTS) is 1. The monoisotopic (exact) mass is 154 g/mol. The van der Waals surface area contributed by atoms with E-state index < -0.39 is 5.97 Å². The molecule has 0 aromatic carbocycles. The normalized spacial score (nSPS) is 18.5. The van der Waals surface area contributed by atoms with Gasteiger partial charge in [-0.2, -0.15) is 0 Å². The zero-order chi connectivity index (χ0) is 8.27. The van der Waals surface area contributed by atoms with Gasteiger partial charge in [0.15, 0.2) is 0 Å². The molecule has 11 heavy (non-hydrogen) atoms. The molecular formula is C9H14O2. The second-order valence-corrected chi connectivity index (χ2v) is 3.21. The second-order valence-electron chi connectivity index (χ2n) is 3.21. The Hall–Kier alpha value is -0.790. The van der Waals surface area contributed by atoms with Crippen LogP contribution >= 0.6 is 0 Å². The van der Waals surface area contributed by atoms with Gasteiger partial charge >= 0.3 is 5.97 Å². The van der Waals surface area contributed by atoms with Crippen molar-refractivity contribution in [1.29, 1.82) is 0 Å². The van der Waals surface area contributed by atoms with Gasteiger partial charge in [-0.1, -0.05) is 25.0 Å². The minimum atomic E-state index is -0.748. The Morgan fingerprint density at radius 1 is 1.45 bits per heavy atom. The van der Waals surface area contributed by atoms with Gasteiger partial charge in [0.05, 0.1) is 6.42 Å². The van der Waals surface area contributed by atoms with Gasteiger partial charge in [-0.05, 0) is 18.8 Å². The SMILES string of the molecule is C=C(CC(=O)O)C1CCCC1. The van der Waals surface area contributed by atoms with Gasteiger partial charge in [0.25, 0.3) is 0 Å². The molecule has 2 nitrogen and oxygen atoms in total. The van der Waals surface area contributed by atoms with Crippen molar-refractivity contribution in [1.82, 2.24) is 0 Å². The van der Waals surface area contributed by atoms with E-state index in [9.17, 15) is 4.79 Å². The first-order chi connectivity index (χ1) is 5.20. The summed E-state index contributed by atoms with van der Waals surface area (Å²) in [7, 11) is 0. The molecule has 1 fully saturated rings. The predicted molar refractivity (Wildman–Crippen MR) is 43.4 cm³/mol. The van der Waals surface area contributed by atoms with Crippen molar-refractivity contribution in [3.05, 3.63) is 12.2 Å². The number of aliphatic carboxylic acids is 1. The Bertz CT molecular complexity index is 166. The highest BCUT2D eigenvalue weighted by atomic mass is 16.4. The molecule has 1 rings (SSSR count). The van der Waals surface area contributed by atoms with Gasteiger partial charge in [-0.15, -0.1) is 0 Å². The van der Waals surface area contributed by atoms with Crippen LogP contribution in [0.5, 0.6) is 0 Å². The third-order valence-corrected chi connectivity index (χ3v) is 2.31. The summed E-state index contributed by atoms with van der Waals surface area (Å²) in [5, 5.41) is 8.48. The topological polar surface area (TPSA) is 37.3 Å². The minimum absolute atomic E-state index is 0.157. The molecule has 1 saturated carbocycles. The third kappa shape index (κ3) is 2.37. The zero-order valence-electron chi connectivity index (χ0n) is 6.68. The first-order valence-corrected chi connectivity index (χ1v) is 4.09. The average Bonchev–Trinajstić information content (AvgIpc) is 2.35. The molecule has 0 aromatic heterocycles. The van der Waals surface area contributed by atoms with E-state index in [-0.39, 0.29) is 6.42 Å². The van der Waals surface area contributed by atoms with Crippen molar-refractivity contribution in [3.8, 4) is 0 Å². The van der Waals surface area contributed by atoms with Gasteiger partial charge < -0.3 is 5.11 Å². The molecule has 0 radical (unpaired) electrons. The molecule has 2 heteroatoms. The van der Waals surface area contributed by atoms with E-state index in [1.54, 1.807) is 0 Å². The molecule has 62 valence electrons. The third-order valence-electron chi connectivity index (χ3n) is 2.31. The molecular weight excluding hydrogens is 140 g/mol. The fraction of sp³-hybridized carbons (Fsp3) is 0.667. The van der Waals surface area contributed by atoms with E-state index in [2.05, 4.69) is 6.58 Å². The summed E-state index contributed by atoms with van der Waals surface area (Å²) < 4.78 is 0. The van der Waals surface area contributed by atoms with Crippen molar-refractivity contribution in [3.63, 3.8) is 0 Å². The Balaban J connectivity index is 2.34. The molecule has 0 bridgehead atoms. The molecule has 0 amide bonds. The molecule has 0 saturated heterocycles. The molecule has 0 atom stereocenters. The van der Waals surface area contributed by atoms with Crippen LogP contribution in [0.2, 0.25) is 0 Å². The Morgan fingerprint density at radius 2 is 2.00 bits per heavy atom. The van der Waals surface area contributed by atoms with Crippen LogP contribution in [0.3, 0.4) is 0 Å². The van der Waals surface area contributed by atoms with Crippen LogP contribution in [0.15, 0.2) is 12.2 Å². The maximum absolute atomic E-state index is 10.3. The Kier molecular flexibility index (Phi) is 2.69. The quantitative estimate of drug-likeness (QED) is 0.633. The van der Waals surface area contributed by atoms with Crippen LogP contribution in [0.25, 0.3) is 0 Å². The first kappa shape index (κ1) is 8.31. The lowest BCUT2D eigenvalue weighted by Crippen LogP contribution is -2.03. The van der Waals surface area contributed by atoms with Crippen molar-refractivity contribution in [2.24, 2.45) is 5.92 Å². The van der Waals surface area contributed by atoms with Gasteiger partial charge in [0.1, 0.15) is 0 Å². The number of rotatable bonds is 3. The number of hydrogen-bond acceptors (Lipinski definition) is 1. The van der Waals surface area contributed by atoms with Crippen LogP contribution in [-0.2, 0) is 4.79 Å². The zero-order valence-corrected chi connectivity index (χ0v) is 6.68. The lowest BCUT2D eigenvalue weighted by Gasteiger charge is -2.09. The van der Waals surface area contributed by atoms with Crippen LogP contribution in [0.4, 0.5) is 0 Å². The van der Waals surface area contributed by atoms with E-state index in [1.807, 2.05) is 0 Å². The van der Waals surface area contributed by atoms with Crippen LogP contribution in [0, 0.1) is 5.92 Å². The van der Waals surface area contributed by atoms with Crippen LogP contribution < -0.4 is 0 Å². The maximum Gasteiger partial charge on any atom is 0.307 e. The summed E-state index contributed by atoms with van der Waals surface area (Å²) in [5.41, 5.74) is 0.912. The Morgan fingerprint density at radius 3 is 2.45 bits per heavy atom. The fourth-order valence-corrected chi connectivity index (χ4v) is 1.67. The van der Waals surface area contributed by atoms with E-state index in [0.717, 1.165) is 18.4 Å². The number of carboxylic acids is 1. The predicted octanol–water partition coefficient (Wildman–Crippen LogP) is 2.21. The largest absolute Gasteiger partial charge is 0.481 e. The molecule has 1 aliphatic carbocycles. The number of carbonyl (C=O) groups is 1. The van der Waals surface area contributed by atoms with Gasteiger partial charge in [-0.25, -0.2) is 0 Å². The van der Waals surface area contributed by atoms with E-state index in [4.69, 9.17) is 5.11 Å². The highest BCUT2D eigenvalue weighted by molar-refractivity contribution is 5.69. The van der Waals surface area contributed by atoms with E-state index >= 15 is 0 Å². The summed E-state index contributed by atoms with van der Waals surface area (Å²) in [6.45, 7) is 3.80. The van der Waals surface area contributed by atoms with Gasteiger partial charge in [-0.3, -0.25) is 4.79 Å². The van der Waals surface area contributed by atoms with Crippen molar-refractivity contribution in [2.45, 2.75) is 32.1 Å². The molecule has 0 spiro atoms. The second kappa shape index (κ2) is 3.56. The van der Waals surface area contributed by atoms with Crippen LogP contribution in [0.1, 0.15) is 32.1 Å². The maximum atomic E-state index is 10.3.